The van der Waals surface area contributed by atoms with Crippen molar-refractivity contribution in [3.8, 4) is 0 Å². The summed E-state index contributed by atoms with van der Waals surface area (Å²) >= 11 is 1.51. The molecule has 112 valence electrons. The topological polar surface area (TPSA) is 97.1 Å². The summed E-state index contributed by atoms with van der Waals surface area (Å²) in [5.41, 5.74) is 9.03. The zero-order chi connectivity index (χ0) is 15.4. The first-order valence-electron chi connectivity index (χ1n) is 6.64. The maximum Gasteiger partial charge on any atom is 0.243 e. The van der Waals surface area contributed by atoms with Gasteiger partial charge in [-0.2, -0.15) is 0 Å². The third kappa shape index (κ3) is 3.99. The van der Waals surface area contributed by atoms with Crippen LogP contribution < -0.4 is 16.4 Å². The standard InChI is InChI=1S/C14H18N4O2S/c1-8(2)13(15)14(20)16-6-12(19)18-9-3-4-10-11(5-9)21-7-17-10/h3-5,7-8,13H,6,15H2,1-2H3,(H,16,20)(H,18,19)/t13-/m0/s1. The van der Waals surface area contributed by atoms with Gasteiger partial charge in [-0.1, -0.05) is 13.8 Å². The van der Waals surface area contributed by atoms with Crippen molar-refractivity contribution in [2.24, 2.45) is 11.7 Å². The summed E-state index contributed by atoms with van der Waals surface area (Å²) in [7, 11) is 0. The van der Waals surface area contributed by atoms with Crippen LogP contribution in [-0.4, -0.2) is 29.4 Å². The molecule has 4 N–H and O–H groups in total. The number of fused-ring (bicyclic) bond motifs is 1. The number of nitrogens with one attached hydrogen (secondary N) is 2. The molecule has 0 spiro atoms. The molecule has 0 unspecified atom stereocenters. The van der Waals surface area contributed by atoms with Crippen molar-refractivity contribution >= 4 is 39.1 Å². The van der Waals surface area contributed by atoms with E-state index in [0.29, 0.717) is 5.69 Å². The van der Waals surface area contributed by atoms with Crippen LogP contribution in [0.1, 0.15) is 13.8 Å². The van der Waals surface area contributed by atoms with Gasteiger partial charge in [0, 0.05) is 5.69 Å². The molecule has 0 saturated heterocycles. The molecule has 0 fully saturated rings. The second kappa shape index (κ2) is 6.64. The van der Waals surface area contributed by atoms with Crippen LogP contribution in [0.25, 0.3) is 10.2 Å². The fourth-order valence-electron chi connectivity index (χ4n) is 1.73. The van der Waals surface area contributed by atoms with Crippen molar-refractivity contribution in [2.45, 2.75) is 19.9 Å². The molecular weight excluding hydrogens is 288 g/mol. The highest BCUT2D eigenvalue weighted by atomic mass is 32.1. The maximum atomic E-state index is 11.8. The van der Waals surface area contributed by atoms with Gasteiger partial charge in [0.05, 0.1) is 28.3 Å². The number of amides is 2. The van der Waals surface area contributed by atoms with Crippen molar-refractivity contribution in [3.63, 3.8) is 0 Å². The normalized spacial score (nSPS) is 12.4. The van der Waals surface area contributed by atoms with Gasteiger partial charge >= 0.3 is 0 Å². The van der Waals surface area contributed by atoms with E-state index in [1.165, 1.54) is 11.3 Å². The summed E-state index contributed by atoms with van der Waals surface area (Å²) in [6.45, 7) is 3.61. The van der Waals surface area contributed by atoms with E-state index in [0.717, 1.165) is 10.2 Å². The Kier molecular flexibility index (Phi) is 4.87. The summed E-state index contributed by atoms with van der Waals surface area (Å²) in [5.74, 6) is -0.581. The molecule has 1 aromatic heterocycles. The lowest BCUT2D eigenvalue weighted by Gasteiger charge is -2.15. The van der Waals surface area contributed by atoms with E-state index >= 15 is 0 Å². The van der Waals surface area contributed by atoms with Gasteiger partial charge in [-0.05, 0) is 24.1 Å². The van der Waals surface area contributed by atoms with Crippen LogP contribution in [0.3, 0.4) is 0 Å². The number of hydrogen-bond donors (Lipinski definition) is 3. The number of thiazole rings is 1. The number of nitrogens with zero attached hydrogens (tertiary/aromatic N) is 1. The fraction of sp³-hybridized carbons (Fsp3) is 0.357. The molecule has 0 aliphatic rings. The zero-order valence-corrected chi connectivity index (χ0v) is 12.7. The Morgan fingerprint density at radius 1 is 1.38 bits per heavy atom. The Balaban J connectivity index is 1.88. The number of benzene rings is 1. The van der Waals surface area contributed by atoms with Crippen molar-refractivity contribution in [1.82, 2.24) is 10.3 Å². The van der Waals surface area contributed by atoms with E-state index in [1.807, 2.05) is 26.0 Å². The van der Waals surface area contributed by atoms with E-state index in [4.69, 9.17) is 5.73 Å². The molecule has 7 heteroatoms. The lowest BCUT2D eigenvalue weighted by atomic mass is 10.1. The molecule has 2 amide bonds. The van der Waals surface area contributed by atoms with E-state index in [-0.39, 0.29) is 24.3 Å². The molecule has 2 aromatic rings. The van der Waals surface area contributed by atoms with Gasteiger partial charge in [0.25, 0.3) is 0 Å². The number of carbonyl (C=O) groups is 2. The van der Waals surface area contributed by atoms with Gasteiger partial charge in [0.15, 0.2) is 0 Å². The maximum absolute atomic E-state index is 11.8. The molecule has 0 saturated carbocycles. The minimum atomic E-state index is -0.605. The van der Waals surface area contributed by atoms with Crippen molar-refractivity contribution in [3.05, 3.63) is 23.7 Å². The Labute approximate surface area is 126 Å². The number of carbonyl (C=O) groups excluding carboxylic acids is 2. The number of anilines is 1. The van der Waals surface area contributed by atoms with Crippen LogP contribution in [0, 0.1) is 5.92 Å². The predicted molar refractivity (Wildman–Crippen MR) is 84.1 cm³/mol. The molecule has 2 rings (SSSR count). The zero-order valence-electron chi connectivity index (χ0n) is 11.9. The summed E-state index contributed by atoms with van der Waals surface area (Å²) < 4.78 is 0.999. The number of hydrogen-bond acceptors (Lipinski definition) is 5. The van der Waals surface area contributed by atoms with Gasteiger partial charge in [0.1, 0.15) is 0 Å². The monoisotopic (exact) mass is 306 g/mol. The Morgan fingerprint density at radius 3 is 2.86 bits per heavy atom. The second-order valence-electron chi connectivity index (χ2n) is 5.07. The summed E-state index contributed by atoms with van der Waals surface area (Å²) in [5, 5.41) is 5.26. The first kappa shape index (κ1) is 15.4. The highest BCUT2D eigenvalue weighted by Gasteiger charge is 2.17. The van der Waals surface area contributed by atoms with E-state index in [2.05, 4.69) is 15.6 Å². The lowest BCUT2D eigenvalue weighted by molar-refractivity contribution is -0.125. The fourth-order valence-corrected chi connectivity index (χ4v) is 2.44. The van der Waals surface area contributed by atoms with E-state index in [9.17, 15) is 9.59 Å². The minimum absolute atomic E-state index is 0.0294. The average molecular weight is 306 g/mol. The first-order valence-corrected chi connectivity index (χ1v) is 7.51. The van der Waals surface area contributed by atoms with Crippen LogP contribution in [-0.2, 0) is 9.59 Å². The summed E-state index contributed by atoms with van der Waals surface area (Å²) in [6.07, 6.45) is 0. The highest BCUT2D eigenvalue weighted by Crippen LogP contribution is 2.21. The van der Waals surface area contributed by atoms with E-state index < -0.39 is 6.04 Å². The van der Waals surface area contributed by atoms with Crippen molar-refractivity contribution < 1.29 is 9.59 Å². The summed E-state index contributed by atoms with van der Waals surface area (Å²) in [6, 6.07) is 4.87. The Hall–Kier alpha value is -1.99. The van der Waals surface area contributed by atoms with Crippen molar-refractivity contribution in [1.29, 1.82) is 0 Å². The summed E-state index contributed by atoms with van der Waals surface area (Å²) in [4.78, 5) is 27.6. The molecule has 1 heterocycles. The van der Waals surface area contributed by atoms with E-state index in [1.54, 1.807) is 11.6 Å². The first-order chi connectivity index (χ1) is 9.97. The van der Waals surface area contributed by atoms with Gasteiger partial charge < -0.3 is 16.4 Å². The van der Waals surface area contributed by atoms with Gasteiger partial charge in [0.2, 0.25) is 11.8 Å². The largest absolute Gasteiger partial charge is 0.346 e. The van der Waals surface area contributed by atoms with Gasteiger partial charge in [-0.25, -0.2) is 4.98 Å². The Morgan fingerprint density at radius 2 is 2.14 bits per heavy atom. The van der Waals surface area contributed by atoms with Crippen LogP contribution in [0.15, 0.2) is 23.7 Å². The third-order valence-corrected chi connectivity index (χ3v) is 3.85. The molecule has 1 atom stereocenters. The van der Waals surface area contributed by atoms with Crippen LogP contribution in [0.2, 0.25) is 0 Å². The molecular formula is C14H18N4O2S. The van der Waals surface area contributed by atoms with Crippen LogP contribution in [0.4, 0.5) is 5.69 Å². The average Bonchev–Trinajstić information content (AvgIpc) is 2.91. The third-order valence-electron chi connectivity index (χ3n) is 3.06. The minimum Gasteiger partial charge on any atom is -0.346 e. The SMILES string of the molecule is CC(C)[C@H](N)C(=O)NCC(=O)Nc1ccc2ncsc2c1. The molecule has 6 nitrogen and oxygen atoms in total. The quantitative estimate of drug-likeness (QED) is 0.776. The number of rotatable bonds is 5. The van der Waals surface area contributed by atoms with Crippen molar-refractivity contribution in [2.75, 3.05) is 11.9 Å². The predicted octanol–water partition coefficient (Wildman–Crippen LogP) is 1.33. The molecule has 21 heavy (non-hydrogen) atoms. The van der Waals surface area contributed by atoms with Crippen LogP contribution >= 0.6 is 11.3 Å². The van der Waals surface area contributed by atoms with Crippen LogP contribution in [0.5, 0.6) is 0 Å². The van der Waals surface area contributed by atoms with Gasteiger partial charge in [-0.15, -0.1) is 11.3 Å². The molecule has 1 aromatic carbocycles. The molecule has 0 aliphatic heterocycles. The Bertz CT molecular complexity index is 653. The highest BCUT2D eigenvalue weighted by molar-refractivity contribution is 7.16. The second-order valence-corrected chi connectivity index (χ2v) is 5.96. The molecule has 0 bridgehead atoms. The van der Waals surface area contributed by atoms with Gasteiger partial charge in [-0.3, -0.25) is 9.59 Å². The number of aromatic nitrogens is 1. The number of nitrogens with two attached hydrogens (primary N) is 1. The molecule has 0 aliphatic carbocycles. The molecule has 0 radical (unpaired) electrons. The lowest BCUT2D eigenvalue weighted by Crippen LogP contribution is -2.46. The smallest absolute Gasteiger partial charge is 0.243 e.